The summed E-state index contributed by atoms with van der Waals surface area (Å²) >= 11 is 0. The smallest absolute Gasteiger partial charge is 0.344 e. The molecule has 0 saturated carbocycles. The summed E-state index contributed by atoms with van der Waals surface area (Å²) in [7, 11) is 0. The Hall–Kier alpha value is -11.8. The number of hydrogen-bond donors (Lipinski definition) is 0. The van der Waals surface area contributed by atoms with E-state index in [1.807, 2.05) is 120 Å². The Bertz CT molecular complexity index is 5490. The fraction of sp³-hybridized carbons (Fsp3) is 0.233. The topological polar surface area (TPSA) is 218 Å². The van der Waals surface area contributed by atoms with Crippen molar-refractivity contribution in [1.29, 1.82) is 0 Å². The molecule has 16 heteroatoms. The van der Waals surface area contributed by atoms with Gasteiger partial charge in [-0.15, -0.1) is 0 Å². The molecule has 0 unspecified atom stereocenters. The predicted octanol–water partition coefficient (Wildman–Crippen LogP) is 20.1. The summed E-state index contributed by atoms with van der Waals surface area (Å²) in [5.74, 6) is 2.79. The summed E-state index contributed by atoms with van der Waals surface area (Å²) in [5.41, 5.74) is 12.0. The van der Waals surface area contributed by atoms with Gasteiger partial charge in [0.05, 0.1) is 5.56 Å². The van der Waals surface area contributed by atoms with E-state index in [1.54, 1.807) is 60.7 Å². The standard InChI is InChI=1S/C20H24O3.C19H12O4.C19H22O3.2C14H14O3/c1-14(2)6-5-7-15(3)10-11-22-17-8-9-18-16(4)12-20(21)23-19(18)13-17;1-11-6-7-13-14(10-18(20)22-17(13)8-11)15-9-12-4-2-3-5-16(12)23-19(15)21;1-14(2)5-4-6-15(3)11-12-21-17-9-7-16-8-10-19(20)22-18(16)13-17;1-9(2)8-16-11-4-5-12-10(3)6-14(15)17-13(12)7-11;1-10(2)7-8-16-12-5-3-11-4-6-14(15)17-13(11)9-12/h6,8-10,12-13H,5,7,11H2,1-4H3;2-10H,1H3;5,7-11,13H,4,6,12H2,1-3H3;4-7H,1,8H2,2-3H3;3-7,9H,8H2,1-2H3/b15-10+;;15-11+;;. The highest BCUT2D eigenvalue weighted by molar-refractivity contribution is 5.95. The van der Waals surface area contributed by atoms with Gasteiger partial charge >= 0.3 is 33.8 Å². The molecule has 0 spiro atoms. The lowest BCUT2D eigenvalue weighted by molar-refractivity contribution is 0.352. The number of benzene rings is 6. The summed E-state index contributed by atoms with van der Waals surface area (Å²) in [5, 5.41) is 5.14. The van der Waals surface area contributed by atoms with Crippen LogP contribution < -0.4 is 52.7 Å². The Morgan fingerprint density at radius 2 is 0.765 bits per heavy atom. The molecule has 6 heterocycles. The quantitative estimate of drug-likeness (QED) is 0.0543. The first-order valence-corrected chi connectivity index (χ1v) is 33.4. The minimum Gasteiger partial charge on any atom is -0.489 e. The summed E-state index contributed by atoms with van der Waals surface area (Å²) in [6.45, 7) is 30.1. The normalized spacial score (nSPS) is 11.1. The molecule has 0 bridgehead atoms. The Labute approximate surface area is 591 Å². The molecule has 526 valence electrons. The Morgan fingerprint density at radius 3 is 1.25 bits per heavy atom. The van der Waals surface area contributed by atoms with Crippen molar-refractivity contribution in [2.75, 3.05) is 26.4 Å². The van der Waals surface area contributed by atoms with Crippen molar-refractivity contribution < 1.29 is 45.5 Å². The SMILES string of the molecule is C=C(C)COc1ccc2c(C)cc(=O)oc2c1.CC(C)=CCC/C(C)=C/COc1ccc2c(C)cc(=O)oc2c1.CC(C)=CCC/C(C)=C/COc1ccc2ccc(=O)oc2c1.CC(C)=CCOc1ccc2ccc(=O)oc2c1.Cc1ccc2c(-c3cc4ccccc4oc3=O)cc(=O)oc2c1. The van der Waals surface area contributed by atoms with E-state index in [4.69, 9.17) is 45.5 Å². The van der Waals surface area contributed by atoms with Crippen LogP contribution in [0.5, 0.6) is 23.0 Å². The first-order valence-electron chi connectivity index (χ1n) is 33.4. The van der Waals surface area contributed by atoms with Gasteiger partial charge in [-0.1, -0.05) is 76.9 Å². The number of ether oxygens (including phenoxy) is 4. The second-order valence-electron chi connectivity index (χ2n) is 25.4. The highest BCUT2D eigenvalue weighted by Crippen LogP contribution is 2.30. The summed E-state index contributed by atoms with van der Waals surface area (Å²) in [6, 6.07) is 47.3. The van der Waals surface area contributed by atoms with Crippen LogP contribution in [0.2, 0.25) is 0 Å². The number of rotatable bonds is 19. The third-order valence-electron chi connectivity index (χ3n) is 15.6. The Morgan fingerprint density at radius 1 is 0.353 bits per heavy atom. The van der Waals surface area contributed by atoms with Crippen LogP contribution >= 0.6 is 0 Å². The summed E-state index contributed by atoms with van der Waals surface area (Å²) in [4.78, 5) is 69.2. The minimum atomic E-state index is -0.495. The molecule has 0 saturated heterocycles. The van der Waals surface area contributed by atoms with Gasteiger partial charge in [0.1, 0.15) is 82.9 Å². The van der Waals surface area contributed by atoms with Crippen LogP contribution in [0.25, 0.3) is 76.9 Å². The van der Waals surface area contributed by atoms with Crippen molar-refractivity contribution in [2.24, 2.45) is 0 Å². The molecule has 12 aromatic rings. The fourth-order valence-electron chi connectivity index (χ4n) is 10.2. The number of para-hydroxylation sites is 1. The van der Waals surface area contributed by atoms with E-state index in [2.05, 4.69) is 72.4 Å². The molecule has 0 fully saturated rings. The summed E-state index contributed by atoms with van der Waals surface area (Å²) in [6.07, 6.45) is 14.9. The molecule has 6 aromatic heterocycles. The largest absolute Gasteiger partial charge is 0.489 e. The van der Waals surface area contributed by atoms with E-state index in [1.165, 1.54) is 58.2 Å². The van der Waals surface area contributed by atoms with Gasteiger partial charge in [0.25, 0.3) is 0 Å². The van der Waals surface area contributed by atoms with E-state index >= 15 is 0 Å². The van der Waals surface area contributed by atoms with Crippen LogP contribution in [0.15, 0.2) is 289 Å². The van der Waals surface area contributed by atoms with Crippen molar-refractivity contribution in [3.63, 3.8) is 0 Å². The van der Waals surface area contributed by atoms with Crippen molar-refractivity contribution in [3.8, 4) is 34.1 Å². The van der Waals surface area contributed by atoms with Crippen LogP contribution in [-0.4, -0.2) is 26.4 Å². The summed E-state index contributed by atoms with van der Waals surface area (Å²) < 4.78 is 53.7. The van der Waals surface area contributed by atoms with Gasteiger partial charge in [-0.05, 0) is 228 Å². The number of hydrogen-bond acceptors (Lipinski definition) is 16. The molecule has 6 aromatic carbocycles. The van der Waals surface area contributed by atoms with Crippen molar-refractivity contribution in [1.82, 2.24) is 0 Å². The first kappa shape index (κ1) is 76.0. The molecular weight excluding hydrogens is 1290 g/mol. The molecule has 0 atom stereocenters. The maximum absolute atomic E-state index is 12.4. The minimum absolute atomic E-state index is 0.331. The Kier molecular flexibility index (Phi) is 27.5. The lowest BCUT2D eigenvalue weighted by Gasteiger charge is -2.07. The Balaban J connectivity index is 0.000000163. The van der Waals surface area contributed by atoms with Gasteiger partial charge in [-0.25, -0.2) is 28.8 Å². The lowest BCUT2D eigenvalue weighted by atomic mass is 10.0. The van der Waals surface area contributed by atoms with Crippen LogP contribution in [-0.2, 0) is 0 Å². The first-order chi connectivity index (χ1) is 48.8. The zero-order chi connectivity index (χ0) is 73.4. The molecule has 16 nitrogen and oxygen atoms in total. The van der Waals surface area contributed by atoms with Gasteiger partial charge in [-0.3, -0.25) is 0 Å². The number of aryl methyl sites for hydroxylation is 3. The van der Waals surface area contributed by atoms with Gasteiger partial charge < -0.3 is 45.5 Å². The van der Waals surface area contributed by atoms with Crippen molar-refractivity contribution in [3.05, 3.63) is 313 Å². The molecule has 12 rings (SSSR count). The monoisotopic (exact) mass is 1370 g/mol. The second-order valence-corrected chi connectivity index (χ2v) is 25.4. The third kappa shape index (κ3) is 23.4. The van der Waals surface area contributed by atoms with Crippen LogP contribution in [0.4, 0.5) is 0 Å². The van der Waals surface area contributed by atoms with Crippen LogP contribution in [0, 0.1) is 20.8 Å². The molecule has 0 N–H and O–H groups in total. The molecule has 0 aliphatic carbocycles. The van der Waals surface area contributed by atoms with E-state index in [-0.39, 0.29) is 22.5 Å². The van der Waals surface area contributed by atoms with Crippen molar-refractivity contribution >= 4 is 65.8 Å². The van der Waals surface area contributed by atoms with E-state index in [9.17, 15) is 28.8 Å². The molecule has 0 aliphatic rings. The van der Waals surface area contributed by atoms with Gasteiger partial charge in [0, 0.05) is 92.5 Å². The zero-order valence-corrected chi connectivity index (χ0v) is 59.9. The highest BCUT2D eigenvalue weighted by atomic mass is 16.5. The third-order valence-corrected chi connectivity index (χ3v) is 15.6. The molecular formula is C86H86O16. The maximum Gasteiger partial charge on any atom is 0.344 e. The predicted molar refractivity (Wildman–Crippen MR) is 409 cm³/mol. The van der Waals surface area contributed by atoms with Gasteiger partial charge in [-0.2, -0.15) is 0 Å². The molecule has 0 radical (unpaired) electrons. The number of fused-ring (bicyclic) bond motifs is 6. The van der Waals surface area contributed by atoms with Gasteiger partial charge in [0.15, 0.2) is 0 Å². The van der Waals surface area contributed by atoms with Crippen LogP contribution in [0.1, 0.15) is 105 Å². The fourth-order valence-corrected chi connectivity index (χ4v) is 10.2. The maximum atomic E-state index is 12.4. The molecule has 102 heavy (non-hydrogen) atoms. The van der Waals surface area contributed by atoms with E-state index in [0.717, 1.165) is 74.9 Å². The number of allylic oxidation sites excluding steroid dienone is 7. The van der Waals surface area contributed by atoms with Crippen molar-refractivity contribution in [2.45, 2.75) is 109 Å². The van der Waals surface area contributed by atoms with E-state index < -0.39 is 11.3 Å². The molecule has 0 amide bonds. The lowest BCUT2D eigenvalue weighted by Crippen LogP contribution is -2.06. The average molecular weight is 1380 g/mol. The second kappa shape index (κ2) is 36.9. The molecule has 0 aliphatic heterocycles. The van der Waals surface area contributed by atoms with Crippen LogP contribution in [0.3, 0.4) is 0 Å². The zero-order valence-electron chi connectivity index (χ0n) is 59.9. The van der Waals surface area contributed by atoms with Gasteiger partial charge in [0.2, 0.25) is 0 Å². The highest BCUT2D eigenvalue weighted by Gasteiger charge is 2.15. The average Bonchev–Trinajstić information content (AvgIpc) is 0.771. The van der Waals surface area contributed by atoms with E-state index in [0.29, 0.717) is 99.4 Å².